The van der Waals surface area contributed by atoms with E-state index in [1.54, 1.807) is 27.7 Å². The molecule has 0 aliphatic rings. The number of aliphatic carboxylic acids is 4. The number of aliphatic hydroxyl groups is 1. The summed E-state index contributed by atoms with van der Waals surface area (Å²) in [6.07, 6.45) is -3.50. The average molecular weight is 1250 g/mol. The van der Waals surface area contributed by atoms with Gasteiger partial charge in [0.2, 0.25) is 59.1 Å². The van der Waals surface area contributed by atoms with Gasteiger partial charge in [-0.25, -0.2) is 9.78 Å². The molecule has 34 heteroatoms. The number of amides is 10. The summed E-state index contributed by atoms with van der Waals surface area (Å²) in [5.74, 6) is -18.6. The molecule has 10 amide bonds. The van der Waals surface area contributed by atoms with Crippen LogP contribution in [0.2, 0.25) is 0 Å². The van der Waals surface area contributed by atoms with Gasteiger partial charge in [-0.3, -0.25) is 62.3 Å². The van der Waals surface area contributed by atoms with Gasteiger partial charge in [-0.05, 0) is 75.1 Å². The second kappa shape index (κ2) is 37.3. The molecule has 0 radical (unpaired) electrons. The zero-order valence-corrected chi connectivity index (χ0v) is 49.2. The highest BCUT2D eigenvalue weighted by atomic mass is 16.4. The fraction of sp³-hybridized carbons (Fsp3) is 0.574. The zero-order chi connectivity index (χ0) is 66.5. The predicted molar refractivity (Wildman–Crippen MR) is 306 cm³/mol. The molecule has 12 atom stereocenters. The summed E-state index contributed by atoms with van der Waals surface area (Å²) < 4.78 is 0. The first-order valence-corrected chi connectivity index (χ1v) is 28.1. The highest BCUT2D eigenvalue weighted by Crippen LogP contribution is 2.16. The van der Waals surface area contributed by atoms with Crippen molar-refractivity contribution < 1.29 is 97.8 Å². The number of carboxylic acids is 4. The van der Waals surface area contributed by atoms with Crippen molar-refractivity contribution in [2.75, 3.05) is 6.54 Å². The summed E-state index contributed by atoms with van der Waals surface area (Å²) in [7, 11) is 0. The number of aliphatic hydroxyl groups excluding tert-OH is 1. The van der Waals surface area contributed by atoms with E-state index < -0.39 is 200 Å². The third-order valence-electron chi connectivity index (χ3n) is 13.4. The lowest BCUT2D eigenvalue weighted by Gasteiger charge is -2.30. The number of carboxylic acid groups (broad SMARTS) is 4. The summed E-state index contributed by atoms with van der Waals surface area (Å²) in [6, 6.07) is -11.8. The van der Waals surface area contributed by atoms with Crippen LogP contribution in [0.15, 0.2) is 36.8 Å². The van der Waals surface area contributed by atoms with Gasteiger partial charge in [-0.1, -0.05) is 46.2 Å². The Bertz CT molecular complexity index is 2750. The maximum absolute atomic E-state index is 14.6. The van der Waals surface area contributed by atoms with Gasteiger partial charge in [0.05, 0.1) is 37.7 Å². The molecule has 2 aromatic rings. The third-order valence-corrected chi connectivity index (χ3v) is 13.4. The van der Waals surface area contributed by atoms with Crippen molar-refractivity contribution in [2.24, 2.45) is 29.0 Å². The number of aromatic hydroxyl groups is 1. The minimum atomic E-state index is -2.06. The molecule has 88 heavy (non-hydrogen) atoms. The van der Waals surface area contributed by atoms with Crippen LogP contribution in [0.3, 0.4) is 0 Å². The van der Waals surface area contributed by atoms with E-state index in [9.17, 15) is 87.5 Å². The molecule has 22 N–H and O–H groups in total. The van der Waals surface area contributed by atoms with E-state index >= 15 is 0 Å². The molecular weight excluding hydrogens is 1160 g/mol. The van der Waals surface area contributed by atoms with Gasteiger partial charge in [0, 0.05) is 31.2 Å². The van der Waals surface area contributed by atoms with Gasteiger partial charge in [-0.2, -0.15) is 0 Å². The molecule has 0 bridgehead atoms. The van der Waals surface area contributed by atoms with Crippen LogP contribution in [0.5, 0.6) is 5.75 Å². The SMILES string of the molecule is CC[C@H](C)[C@H](NC(=O)[C@H](CCCCN)NC(=O)[C@@H](N)CC(=O)O)C(=O)N[C@@H](CC(C)C)C(=O)N[C@H](C(=O)N[C@@H](Cc1cnc[nH]1)C(=O)N[C@@H](Cc1ccc(O)cc1)C(=O)N[C@@H](CCC(=O)O)C(=O)N[C@@H](CC(N)=O)C(=O)N[C@@H](CC(=O)O)C(=O)O)[C@@H](C)O. The Kier molecular flexibility index (Phi) is 31.7. The molecule has 2 rings (SSSR count). The number of rotatable bonds is 41. The van der Waals surface area contributed by atoms with E-state index in [1.807, 2.05) is 5.32 Å². The number of nitrogens with zero attached hydrogens (tertiary/aromatic N) is 1. The van der Waals surface area contributed by atoms with E-state index in [2.05, 4.69) is 52.5 Å². The number of nitrogens with one attached hydrogen (secondary N) is 10. The van der Waals surface area contributed by atoms with Crippen molar-refractivity contribution in [1.29, 1.82) is 0 Å². The molecule has 1 aromatic carbocycles. The lowest BCUT2D eigenvalue weighted by molar-refractivity contribution is -0.147. The Hall–Kier alpha value is -9.31. The van der Waals surface area contributed by atoms with Crippen molar-refractivity contribution in [1.82, 2.24) is 57.8 Å². The van der Waals surface area contributed by atoms with Crippen LogP contribution in [-0.4, -0.2) is 197 Å². The molecular formula is C54H82N14O20. The zero-order valence-electron chi connectivity index (χ0n) is 49.2. The number of nitrogens with two attached hydrogens (primary N) is 3. The summed E-state index contributed by atoms with van der Waals surface area (Å²) in [6.45, 7) is 8.13. The minimum absolute atomic E-state index is 0.0235. The minimum Gasteiger partial charge on any atom is -0.508 e. The molecule has 0 saturated heterocycles. The first kappa shape index (κ1) is 74.8. The van der Waals surface area contributed by atoms with E-state index in [-0.39, 0.29) is 42.3 Å². The van der Waals surface area contributed by atoms with Crippen molar-refractivity contribution >= 4 is 82.9 Å². The van der Waals surface area contributed by atoms with Crippen LogP contribution in [0, 0.1) is 11.8 Å². The molecule has 0 spiro atoms. The normalized spacial score (nSPS) is 15.2. The van der Waals surface area contributed by atoms with Crippen molar-refractivity contribution in [2.45, 2.75) is 178 Å². The standard InChI is InChI=1S/C54H82N14O20/c1-6-26(4)43(67-47(80)32(9-7-8-16-55)60-45(78)31(56)20-41(74)75)52(85)64-34(17-25(2)3)51(84)68-44(27(5)69)53(86)65-36(19-29-23-58-24-59-29)49(82)62-35(18-28-10-12-30(70)13-11-28)48(81)61-33(14-15-40(72)73)46(79)63-37(21-39(57)71)50(83)66-38(54(87)88)22-42(76)77/h10-13,23-27,31-38,43-44,69-70H,6-9,14-22,55-56H2,1-5H3,(H2,57,71)(H,58,59)(H,60,78)(H,61,81)(H,62,82)(H,63,79)(H,64,85)(H,65,86)(H,66,83)(H,67,80)(H,68,84)(H,72,73)(H,74,75)(H,76,77)(H,87,88)/t26-,27+,31-,32-,33-,34-,35-,36-,37-,38-,43-,44-/m0/s1. The molecule has 0 aliphatic carbocycles. The molecule has 1 heterocycles. The maximum Gasteiger partial charge on any atom is 0.326 e. The number of phenols is 1. The van der Waals surface area contributed by atoms with Gasteiger partial charge in [0.25, 0.3) is 0 Å². The van der Waals surface area contributed by atoms with Gasteiger partial charge in [-0.15, -0.1) is 0 Å². The number of phenolic OH excluding ortho intramolecular Hbond substituents is 1. The van der Waals surface area contributed by atoms with Crippen molar-refractivity contribution in [3.63, 3.8) is 0 Å². The lowest BCUT2D eigenvalue weighted by atomic mass is 9.96. The van der Waals surface area contributed by atoms with Crippen molar-refractivity contribution in [3.05, 3.63) is 48.0 Å². The van der Waals surface area contributed by atoms with E-state index in [1.165, 1.54) is 36.8 Å². The predicted octanol–water partition coefficient (Wildman–Crippen LogP) is -5.03. The number of benzene rings is 1. The van der Waals surface area contributed by atoms with Gasteiger partial charge >= 0.3 is 23.9 Å². The van der Waals surface area contributed by atoms with Gasteiger partial charge < -0.3 is 101 Å². The van der Waals surface area contributed by atoms with E-state index in [4.69, 9.17) is 27.4 Å². The molecule has 488 valence electrons. The number of carbonyl (C=O) groups excluding carboxylic acids is 10. The number of hydrogen-bond donors (Lipinski definition) is 19. The fourth-order valence-electron chi connectivity index (χ4n) is 8.48. The highest BCUT2D eigenvalue weighted by Gasteiger charge is 2.38. The Morgan fingerprint density at radius 1 is 0.545 bits per heavy atom. The molecule has 0 unspecified atom stereocenters. The Morgan fingerprint density at radius 2 is 1.02 bits per heavy atom. The summed E-state index contributed by atoms with van der Waals surface area (Å²) in [5, 5.41) is 79.6. The highest BCUT2D eigenvalue weighted by molar-refractivity contribution is 6.00. The second-order valence-corrected chi connectivity index (χ2v) is 21.3. The van der Waals surface area contributed by atoms with Crippen LogP contribution < -0.4 is 65.1 Å². The number of unbranched alkanes of at least 4 members (excludes halogenated alkanes) is 1. The summed E-state index contributed by atoms with van der Waals surface area (Å²) >= 11 is 0. The number of H-pyrrole nitrogens is 1. The van der Waals surface area contributed by atoms with E-state index in [0.717, 1.165) is 6.92 Å². The monoisotopic (exact) mass is 1250 g/mol. The lowest BCUT2D eigenvalue weighted by Crippen LogP contribution is -2.63. The molecule has 1 aromatic heterocycles. The first-order valence-electron chi connectivity index (χ1n) is 28.1. The van der Waals surface area contributed by atoms with Crippen LogP contribution in [0.4, 0.5) is 0 Å². The fourth-order valence-corrected chi connectivity index (χ4v) is 8.48. The van der Waals surface area contributed by atoms with E-state index in [0.29, 0.717) is 19.3 Å². The molecule has 34 nitrogen and oxygen atoms in total. The number of aromatic nitrogens is 2. The number of primary amides is 1. The number of hydrogen-bond acceptors (Lipinski definition) is 19. The van der Waals surface area contributed by atoms with Gasteiger partial charge in [0.1, 0.15) is 60.1 Å². The average Bonchev–Trinajstić information content (AvgIpc) is 4.12. The second-order valence-electron chi connectivity index (χ2n) is 21.3. The molecule has 0 aliphatic heterocycles. The number of imidazole rings is 1. The van der Waals surface area contributed by atoms with Crippen LogP contribution >= 0.6 is 0 Å². The van der Waals surface area contributed by atoms with Crippen LogP contribution in [0.25, 0.3) is 0 Å². The Morgan fingerprint density at radius 3 is 1.55 bits per heavy atom. The number of aromatic amines is 1. The maximum atomic E-state index is 14.6. The van der Waals surface area contributed by atoms with Crippen LogP contribution in [-0.2, 0) is 80.0 Å². The van der Waals surface area contributed by atoms with Crippen LogP contribution in [0.1, 0.15) is 110 Å². The number of carbonyl (C=O) groups is 14. The molecule has 0 saturated carbocycles. The first-order chi connectivity index (χ1) is 41.3. The van der Waals surface area contributed by atoms with Gasteiger partial charge in [0.15, 0.2) is 0 Å². The molecule has 0 fully saturated rings. The Labute approximate surface area is 504 Å². The van der Waals surface area contributed by atoms with Crippen molar-refractivity contribution in [3.8, 4) is 5.75 Å². The quantitative estimate of drug-likeness (QED) is 0.0277. The summed E-state index contributed by atoms with van der Waals surface area (Å²) in [5.41, 5.74) is 17.1. The third kappa shape index (κ3) is 26.9. The Balaban J connectivity index is 2.57. The smallest absolute Gasteiger partial charge is 0.326 e. The largest absolute Gasteiger partial charge is 0.508 e. The summed E-state index contributed by atoms with van der Waals surface area (Å²) in [4.78, 5) is 190. The topological polar surface area (TPSA) is 575 Å².